The molecule has 0 aliphatic rings. The molecular formula is C18H25N5O2. The largest absolute Gasteiger partial charge is 0.491 e. The molecule has 7 heteroatoms. The highest BCUT2D eigenvalue weighted by molar-refractivity contribution is 5.74. The Hall–Kier alpha value is -2.83. The molecule has 0 radical (unpaired) electrons. The summed E-state index contributed by atoms with van der Waals surface area (Å²) < 4.78 is 5.68. The lowest BCUT2D eigenvalue weighted by molar-refractivity contribution is 0.237. The van der Waals surface area contributed by atoms with E-state index in [4.69, 9.17) is 4.74 Å². The van der Waals surface area contributed by atoms with E-state index in [1.807, 2.05) is 45.0 Å². The molecule has 134 valence electrons. The van der Waals surface area contributed by atoms with Crippen molar-refractivity contribution in [2.45, 2.75) is 32.9 Å². The quantitative estimate of drug-likeness (QED) is 0.642. The molecule has 0 aliphatic heterocycles. The van der Waals surface area contributed by atoms with Crippen LogP contribution >= 0.6 is 0 Å². The van der Waals surface area contributed by atoms with Gasteiger partial charge in [0.25, 0.3) is 0 Å². The minimum absolute atomic E-state index is 0.114. The Labute approximate surface area is 148 Å². The lowest BCUT2D eigenvalue weighted by atomic mass is 10.1. The standard InChI is InChI=1S/C18H25N5O2/c1-13(2)25-16-7-4-6-15(12-16)14(3)23-18(24)22-11-10-21-17-19-8-5-9-20-17/h4-9,12-14H,10-11H2,1-3H3,(H,19,20,21)(H2,22,23,24)/t14-/m0/s1. The number of aromatic nitrogens is 2. The number of carbonyl (C=O) groups excluding carboxylic acids is 1. The van der Waals surface area contributed by atoms with Gasteiger partial charge < -0.3 is 20.7 Å². The fourth-order valence-corrected chi connectivity index (χ4v) is 2.20. The SMILES string of the molecule is CC(C)Oc1cccc([C@H](C)NC(=O)NCCNc2ncccn2)c1. The van der Waals surface area contributed by atoms with E-state index < -0.39 is 0 Å². The Morgan fingerprint density at radius 2 is 1.88 bits per heavy atom. The van der Waals surface area contributed by atoms with Crippen LogP contribution in [0.2, 0.25) is 0 Å². The molecule has 1 aromatic heterocycles. The van der Waals surface area contributed by atoms with Crippen molar-refractivity contribution >= 4 is 12.0 Å². The molecule has 25 heavy (non-hydrogen) atoms. The van der Waals surface area contributed by atoms with E-state index in [0.29, 0.717) is 19.0 Å². The first-order valence-electron chi connectivity index (χ1n) is 8.36. The molecule has 0 spiro atoms. The molecule has 0 saturated carbocycles. The van der Waals surface area contributed by atoms with E-state index in [1.165, 1.54) is 0 Å². The maximum Gasteiger partial charge on any atom is 0.315 e. The smallest absolute Gasteiger partial charge is 0.315 e. The molecule has 0 fully saturated rings. The van der Waals surface area contributed by atoms with Crippen LogP contribution in [0.15, 0.2) is 42.7 Å². The van der Waals surface area contributed by atoms with Crippen LogP contribution < -0.4 is 20.7 Å². The van der Waals surface area contributed by atoms with Gasteiger partial charge in [0, 0.05) is 25.5 Å². The number of amides is 2. The average Bonchev–Trinajstić information content (AvgIpc) is 2.59. The van der Waals surface area contributed by atoms with Crippen molar-refractivity contribution in [1.29, 1.82) is 0 Å². The molecule has 0 aliphatic carbocycles. The maximum atomic E-state index is 12.0. The average molecular weight is 343 g/mol. The van der Waals surface area contributed by atoms with Gasteiger partial charge in [-0.1, -0.05) is 12.1 Å². The van der Waals surface area contributed by atoms with E-state index >= 15 is 0 Å². The van der Waals surface area contributed by atoms with Crippen LogP contribution in [-0.2, 0) is 0 Å². The van der Waals surface area contributed by atoms with Gasteiger partial charge in [0.05, 0.1) is 12.1 Å². The third-order valence-corrected chi connectivity index (χ3v) is 3.34. The highest BCUT2D eigenvalue weighted by Gasteiger charge is 2.10. The zero-order valence-electron chi connectivity index (χ0n) is 14.8. The Kier molecular flexibility index (Phi) is 7.00. The summed E-state index contributed by atoms with van der Waals surface area (Å²) in [6, 6.07) is 9.14. The number of anilines is 1. The second kappa shape index (κ2) is 9.46. The molecule has 2 rings (SSSR count). The summed E-state index contributed by atoms with van der Waals surface area (Å²) in [7, 11) is 0. The first-order chi connectivity index (χ1) is 12.0. The van der Waals surface area contributed by atoms with Crippen LogP contribution in [0.25, 0.3) is 0 Å². The van der Waals surface area contributed by atoms with Gasteiger partial charge in [-0.3, -0.25) is 0 Å². The van der Waals surface area contributed by atoms with Crippen molar-refractivity contribution in [2.75, 3.05) is 18.4 Å². The first kappa shape index (κ1) is 18.5. The van der Waals surface area contributed by atoms with Gasteiger partial charge in [-0.25, -0.2) is 14.8 Å². The molecule has 0 unspecified atom stereocenters. The van der Waals surface area contributed by atoms with Gasteiger partial charge in [-0.15, -0.1) is 0 Å². The van der Waals surface area contributed by atoms with Gasteiger partial charge in [0.1, 0.15) is 5.75 Å². The van der Waals surface area contributed by atoms with E-state index in [1.54, 1.807) is 18.5 Å². The highest BCUT2D eigenvalue weighted by atomic mass is 16.5. The van der Waals surface area contributed by atoms with E-state index in [9.17, 15) is 4.79 Å². The predicted octanol–water partition coefficient (Wildman–Crippen LogP) is 2.74. The van der Waals surface area contributed by atoms with Crippen molar-refractivity contribution in [2.24, 2.45) is 0 Å². The monoisotopic (exact) mass is 343 g/mol. The summed E-state index contributed by atoms with van der Waals surface area (Å²) in [5, 5.41) is 8.74. The molecule has 1 heterocycles. The fraction of sp³-hybridized carbons (Fsp3) is 0.389. The first-order valence-corrected chi connectivity index (χ1v) is 8.36. The summed E-state index contributed by atoms with van der Waals surface area (Å²) in [6.07, 6.45) is 3.44. The lowest BCUT2D eigenvalue weighted by Crippen LogP contribution is -2.39. The minimum atomic E-state index is -0.224. The Morgan fingerprint density at radius 3 is 2.60 bits per heavy atom. The number of nitrogens with zero attached hydrogens (tertiary/aromatic N) is 2. The Morgan fingerprint density at radius 1 is 1.12 bits per heavy atom. The van der Waals surface area contributed by atoms with Crippen LogP contribution in [0.3, 0.4) is 0 Å². The third-order valence-electron chi connectivity index (χ3n) is 3.34. The Balaban J connectivity index is 1.74. The summed E-state index contributed by atoms with van der Waals surface area (Å²) in [5.41, 5.74) is 0.990. The van der Waals surface area contributed by atoms with E-state index in [0.717, 1.165) is 11.3 Å². The van der Waals surface area contributed by atoms with Crippen molar-refractivity contribution in [3.63, 3.8) is 0 Å². The summed E-state index contributed by atoms with van der Waals surface area (Å²) >= 11 is 0. The maximum absolute atomic E-state index is 12.0. The van der Waals surface area contributed by atoms with Crippen LogP contribution in [0.5, 0.6) is 5.75 Å². The van der Waals surface area contributed by atoms with Crippen molar-refractivity contribution in [3.8, 4) is 5.75 Å². The molecule has 2 aromatic rings. The molecule has 2 amide bonds. The molecular weight excluding hydrogens is 318 g/mol. The van der Waals surface area contributed by atoms with Gasteiger partial charge in [-0.2, -0.15) is 0 Å². The number of rotatable bonds is 8. The van der Waals surface area contributed by atoms with Crippen LogP contribution in [-0.4, -0.2) is 35.2 Å². The van der Waals surface area contributed by atoms with Crippen LogP contribution in [0, 0.1) is 0 Å². The van der Waals surface area contributed by atoms with Crippen molar-refractivity contribution < 1.29 is 9.53 Å². The van der Waals surface area contributed by atoms with Crippen LogP contribution in [0.1, 0.15) is 32.4 Å². The van der Waals surface area contributed by atoms with Gasteiger partial charge in [0.2, 0.25) is 5.95 Å². The summed E-state index contributed by atoms with van der Waals surface area (Å²) in [4.78, 5) is 20.1. The van der Waals surface area contributed by atoms with Crippen molar-refractivity contribution in [3.05, 3.63) is 48.3 Å². The number of urea groups is 1. The number of hydrogen-bond donors (Lipinski definition) is 3. The molecule has 0 bridgehead atoms. The molecule has 1 aromatic carbocycles. The number of ether oxygens (including phenoxy) is 1. The molecule has 7 nitrogen and oxygen atoms in total. The van der Waals surface area contributed by atoms with Gasteiger partial charge in [0.15, 0.2) is 0 Å². The van der Waals surface area contributed by atoms with E-state index in [-0.39, 0.29) is 18.2 Å². The normalized spacial score (nSPS) is 11.7. The third kappa shape index (κ3) is 6.66. The lowest BCUT2D eigenvalue weighted by Gasteiger charge is -2.17. The number of carbonyl (C=O) groups is 1. The number of nitrogens with one attached hydrogen (secondary N) is 3. The topological polar surface area (TPSA) is 88.2 Å². The molecule has 1 atom stereocenters. The zero-order valence-corrected chi connectivity index (χ0v) is 14.8. The predicted molar refractivity (Wildman–Crippen MR) is 97.7 cm³/mol. The fourth-order valence-electron chi connectivity index (χ4n) is 2.20. The van der Waals surface area contributed by atoms with Crippen LogP contribution in [0.4, 0.5) is 10.7 Å². The number of hydrogen-bond acceptors (Lipinski definition) is 5. The molecule has 3 N–H and O–H groups in total. The second-order valence-corrected chi connectivity index (χ2v) is 5.86. The van der Waals surface area contributed by atoms with E-state index in [2.05, 4.69) is 25.9 Å². The minimum Gasteiger partial charge on any atom is -0.491 e. The second-order valence-electron chi connectivity index (χ2n) is 5.86. The van der Waals surface area contributed by atoms with Gasteiger partial charge >= 0.3 is 6.03 Å². The van der Waals surface area contributed by atoms with Gasteiger partial charge in [-0.05, 0) is 44.5 Å². The highest BCUT2D eigenvalue weighted by Crippen LogP contribution is 2.19. The summed E-state index contributed by atoms with van der Waals surface area (Å²) in [5.74, 6) is 1.34. The molecule has 0 saturated heterocycles. The van der Waals surface area contributed by atoms with Crippen molar-refractivity contribution in [1.82, 2.24) is 20.6 Å². The zero-order chi connectivity index (χ0) is 18.1. The summed E-state index contributed by atoms with van der Waals surface area (Å²) in [6.45, 7) is 6.91. The number of benzene rings is 1. The Bertz CT molecular complexity index is 664.